The zero-order valence-electron chi connectivity index (χ0n) is 18.8. The minimum absolute atomic E-state index is 0.00638. The van der Waals surface area contributed by atoms with E-state index < -0.39 is 23.4 Å². The average Bonchev–Trinajstić information content (AvgIpc) is 3.30. The molecule has 1 aliphatic rings. The number of rotatable bonds is 6. The Labute approximate surface area is 207 Å². The molecule has 1 saturated heterocycles. The fourth-order valence-electron chi connectivity index (χ4n) is 3.81. The number of anilines is 1. The Balaban J connectivity index is 1.28. The second-order valence-electron chi connectivity index (χ2n) is 8.34. The summed E-state index contributed by atoms with van der Waals surface area (Å²) in [5.74, 6) is -3.27. The summed E-state index contributed by atoms with van der Waals surface area (Å²) in [4.78, 5) is 39.8. The molecule has 1 aliphatic heterocycles. The number of amides is 2. The summed E-state index contributed by atoms with van der Waals surface area (Å²) in [6.45, 7) is 2.27. The highest BCUT2D eigenvalue weighted by Crippen LogP contribution is 2.27. The number of pyridine rings is 1. The average molecular weight is 513 g/mol. The van der Waals surface area contributed by atoms with Gasteiger partial charge in [-0.3, -0.25) is 14.6 Å². The Kier molecular flexibility index (Phi) is 6.27. The number of thiophene rings is 1. The molecular formula is C24H19F3N6O2S. The monoisotopic (exact) mass is 512 g/mol. The van der Waals surface area contributed by atoms with E-state index in [1.165, 1.54) is 34.6 Å². The van der Waals surface area contributed by atoms with E-state index in [4.69, 9.17) is 0 Å². The van der Waals surface area contributed by atoms with Gasteiger partial charge in [-0.25, -0.2) is 23.1 Å². The number of aromatic nitrogens is 3. The summed E-state index contributed by atoms with van der Waals surface area (Å²) in [5.41, 5.74) is 1.40. The number of nitrogens with one attached hydrogen (secondary N) is 2. The van der Waals surface area contributed by atoms with Crippen LogP contribution in [0.2, 0.25) is 0 Å². The molecule has 8 nitrogen and oxygen atoms in total. The molecule has 184 valence electrons. The van der Waals surface area contributed by atoms with Gasteiger partial charge in [0.1, 0.15) is 5.82 Å². The van der Waals surface area contributed by atoms with E-state index in [1.54, 1.807) is 18.4 Å². The lowest BCUT2D eigenvalue weighted by Crippen LogP contribution is -2.61. The Bertz CT molecular complexity index is 1470. The number of benzene rings is 1. The summed E-state index contributed by atoms with van der Waals surface area (Å²) in [6.07, 6.45) is 2.65. The molecule has 0 unspecified atom stereocenters. The first-order valence-corrected chi connectivity index (χ1v) is 11.8. The first-order valence-electron chi connectivity index (χ1n) is 11.0. The molecule has 0 radical (unpaired) electrons. The highest BCUT2D eigenvalue weighted by molar-refractivity contribution is 7.17. The van der Waals surface area contributed by atoms with Gasteiger partial charge in [0, 0.05) is 24.8 Å². The second-order valence-corrected chi connectivity index (χ2v) is 9.26. The predicted molar refractivity (Wildman–Crippen MR) is 127 cm³/mol. The topological polar surface area (TPSA) is 100 Å². The van der Waals surface area contributed by atoms with Crippen molar-refractivity contribution in [2.24, 2.45) is 0 Å². The lowest BCUT2D eigenvalue weighted by Gasteiger charge is -2.39. The zero-order valence-corrected chi connectivity index (χ0v) is 19.7. The highest BCUT2D eigenvalue weighted by Gasteiger charge is 2.34. The third-order valence-electron chi connectivity index (χ3n) is 5.76. The lowest BCUT2D eigenvalue weighted by atomic mass is 10.1. The first kappa shape index (κ1) is 23.7. The van der Waals surface area contributed by atoms with E-state index in [0.29, 0.717) is 15.8 Å². The van der Waals surface area contributed by atoms with Gasteiger partial charge in [0.15, 0.2) is 17.3 Å². The fraction of sp³-hybridized carbons (Fsp3) is 0.208. The Morgan fingerprint density at radius 3 is 2.64 bits per heavy atom. The third-order valence-corrected chi connectivity index (χ3v) is 6.67. The van der Waals surface area contributed by atoms with Crippen molar-refractivity contribution in [3.8, 4) is 0 Å². The fourth-order valence-corrected chi connectivity index (χ4v) is 4.62. The molecule has 2 amide bonds. The molecular weight excluding hydrogens is 493 g/mol. The van der Waals surface area contributed by atoms with Crippen LogP contribution in [-0.2, 0) is 0 Å². The molecule has 4 aromatic rings. The van der Waals surface area contributed by atoms with Crippen LogP contribution in [0, 0.1) is 17.5 Å². The quantitative estimate of drug-likeness (QED) is 0.406. The number of likely N-dealkylation sites (tertiary alicyclic amines) is 1. The molecule has 1 aromatic carbocycles. The minimum Gasteiger partial charge on any atom is -0.348 e. The van der Waals surface area contributed by atoms with Gasteiger partial charge in [-0.2, -0.15) is 0 Å². The van der Waals surface area contributed by atoms with Crippen LogP contribution in [-0.4, -0.2) is 50.8 Å². The number of carbonyl (C=O) groups is 2. The van der Waals surface area contributed by atoms with E-state index >= 15 is 0 Å². The minimum atomic E-state index is -1.11. The maximum Gasteiger partial charge on any atom is 0.274 e. The molecule has 1 fully saturated rings. The van der Waals surface area contributed by atoms with Crippen LogP contribution >= 0.6 is 11.3 Å². The molecule has 5 rings (SSSR count). The van der Waals surface area contributed by atoms with Crippen molar-refractivity contribution >= 4 is 39.3 Å². The van der Waals surface area contributed by atoms with Gasteiger partial charge in [-0.15, -0.1) is 11.3 Å². The second kappa shape index (κ2) is 9.53. The standard InChI is InChI=1S/C24H19F3N6O2S/c1-12(14-6-15(25)9-28-8-14)29-24-31-19-4-5-36-21(19)20(32-24)23(35)33-10-16(11-33)30-22(34)13-2-3-17(26)18(27)7-13/h2-9,12,16H,10-11H2,1H3,(H,30,34)(H,29,31,32)/t12-/m0/s1. The molecule has 36 heavy (non-hydrogen) atoms. The van der Waals surface area contributed by atoms with Crippen LogP contribution in [0.15, 0.2) is 48.1 Å². The molecule has 0 spiro atoms. The van der Waals surface area contributed by atoms with Crippen molar-refractivity contribution in [3.05, 3.63) is 82.4 Å². The van der Waals surface area contributed by atoms with E-state index in [2.05, 4.69) is 25.6 Å². The summed E-state index contributed by atoms with van der Waals surface area (Å²) < 4.78 is 40.7. The maximum atomic E-state index is 13.5. The predicted octanol–water partition coefficient (Wildman–Crippen LogP) is 3.93. The third kappa shape index (κ3) is 4.71. The van der Waals surface area contributed by atoms with Gasteiger partial charge < -0.3 is 15.5 Å². The SMILES string of the molecule is C[C@H](Nc1nc(C(=O)N2CC(NC(=O)c3ccc(F)c(F)c3)C2)c2sccc2n1)c1cncc(F)c1. The van der Waals surface area contributed by atoms with Gasteiger partial charge in [0.25, 0.3) is 11.8 Å². The van der Waals surface area contributed by atoms with Crippen LogP contribution in [0.25, 0.3) is 10.2 Å². The van der Waals surface area contributed by atoms with E-state index in [0.717, 1.165) is 18.3 Å². The molecule has 2 N–H and O–H groups in total. The molecule has 4 heterocycles. The van der Waals surface area contributed by atoms with Crippen LogP contribution in [0.1, 0.15) is 39.4 Å². The van der Waals surface area contributed by atoms with Gasteiger partial charge >= 0.3 is 0 Å². The Morgan fingerprint density at radius 2 is 1.89 bits per heavy atom. The van der Waals surface area contributed by atoms with Gasteiger partial charge in [0.2, 0.25) is 5.95 Å². The largest absolute Gasteiger partial charge is 0.348 e. The zero-order chi connectivity index (χ0) is 25.4. The van der Waals surface area contributed by atoms with E-state index in [1.807, 2.05) is 0 Å². The number of hydrogen-bond acceptors (Lipinski definition) is 7. The summed E-state index contributed by atoms with van der Waals surface area (Å²) in [6, 6.07) is 5.34. The molecule has 3 aromatic heterocycles. The van der Waals surface area contributed by atoms with Crippen LogP contribution in [0.3, 0.4) is 0 Å². The summed E-state index contributed by atoms with van der Waals surface area (Å²) in [7, 11) is 0. The summed E-state index contributed by atoms with van der Waals surface area (Å²) in [5, 5.41) is 7.60. The normalized spacial score (nSPS) is 14.4. The van der Waals surface area contributed by atoms with Gasteiger partial charge in [-0.05, 0) is 48.2 Å². The maximum absolute atomic E-state index is 13.5. The van der Waals surface area contributed by atoms with E-state index in [9.17, 15) is 22.8 Å². The van der Waals surface area contributed by atoms with Crippen molar-refractivity contribution in [1.82, 2.24) is 25.2 Å². The first-order chi connectivity index (χ1) is 17.3. The number of halogens is 3. The molecule has 0 aliphatic carbocycles. The van der Waals surface area contributed by atoms with Gasteiger partial charge in [-0.1, -0.05) is 0 Å². The Hall–Kier alpha value is -4.06. The number of carbonyl (C=O) groups excluding carboxylic acids is 2. The van der Waals surface area contributed by atoms with Crippen molar-refractivity contribution in [3.63, 3.8) is 0 Å². The smallest absolute Gasteiger partial charge is 0.274 e. The molecule has 0 saturated carbocycles. The Morgan fingerprint density at radius 1 is 1.08 bits per heavy atom. The van der Waals surface area contributed by atoms with Crippen LogP contribution in [0.5, 0.6) is 0 Å². The van der Waals surface area contributed by atoms with Crippen LogP contribution in [0.4, 0.5) is 19.1 Å². The van der Waals surface area contributed by atoms with E-state index in [-0.39, 0.29) is 48.3 Å². The van der Waals surface area contributed by atoms with Crippen molar-refractivity contribution in [2.75, 3.05) is 18.4 Å². The van der Waals surface area contributed by atoms with Crippen LogP contribution < -0.4 is 10.6 Å². The highest BCUT2D eigenvalue weighted by atomic mass is 32.1. The van der Waals surface area contributed by atoms with Crippen molar-refractivity contribution in [1.29, 1.82) is 0 Å². The lowest BCUT2D eigenvalue weighted by molar-refractivity contribution is 0.0539. The number of fused-ring (bicyclic) bond motifs is 1. The molecule has 1 atom stereocenters. The molecule has 12 heteroatoms. The number of nitrogens with zero attached hydrogens (tertiary/aromatic N) is 4. The van der Waals surface area contributed by atoms with Crippen molar-refractivity contribution in [2.45, 2.75) is 19.0 Å². The van der Waals surface area contributed by atoms with Crippen molar-refractivity contribution < 1.29 is 22.8 Å². The van der Waals surface area contributed by atoms with Gasteiger partial charge in [0.05, 0.1) is 28.5 Å². The summed E-state index contributed by atoms with van der Waals surface area (Å²) >= 11 is 1.34. The molecule has 0 bridgehead atoms. The number of hydrogen-bond donors (Lipinski definition) is 2.